The third kappa shape index (κ3) is 6.08. The molecule has 0 aliphatic heterocycles. The number of allylic oxidation sites excluding steroid dienone is 1. The van der Waals surface area contributed by atoms with Gasteiger partial charge in [-0.15, -0.1) is 6.58 Å². The molecule has 0 saturated carbocycles. The van der Waals surface area contributed by atoms with E-state index < -0.39 is 0 Å². The van der Waals surface area contributed by atoms with E-state index in [9.17, 15) is 0 Å². The fraction of sp³-hybridized carbons (Fsp3) is 0.421. The van der Waals surface area contributed by atoms with Gasteiger partial charge in [0.05, 0.1) is 0 Å². The van der Waals surface area contributed by atoms with Gasteiger partial charge in [0.25, 0.3) is 0 Å². The van der Waals surface area contributed by atoms with Gasteiger partial charge in [0, 0.05) is 37.2 Å². The Hall–Kier alpha value is -2.27. The van der Waals surface area contributed by atoms with Gasteiger partial charge in [-0.05, 0) is 37.9 Å². The Morgan fingerprint density at radius 2 is 2.25 bits per heavy atom. The molecule has 0 amide bonds. The van der Waals surface area contributed by atoms with Crippen LogP contribution in [0.15, 0.2) is 49.6 Å². The minimum atomic E-state index is 0.0595. The summed E-state index contributed by atoms with van der Waals surface area (Å²) in [6.07, 6.45) is 9.94. The standard InChI is InChI=1S/C19H26N4O/c1-4-6-9-18(24-19-11-17(5-2)21-15-22-19)14-23(3)13-16-8-7-10-20-12-16/h4,7-8,10-12,15,18H,1,5-6,9,13-14H2,2-3H3/t18-/m0/s1. The first-order valence-electron chi connectivity index (χ1n) is 8.37. The Morgan fingerprint density at radius 1 is 1.38 bits per heavy atom. The molecule has 0 aromatic carbocycles. The van der Waals surface area contributed by atoms with Crippen LogP contribution >= 0.6 is 0 Å². The van der Waals surface area contributed by atoms with Crippen molar-refractivity contribution in [1.82, 2.24) is 19.9 Å². The van der Waals surface area contributed by atoms with Crippen LogP contribution < -0.4 is 4.74 Å². The van der Waals surface area contributed by atoms with Gasteiger partial charge in [-0.3, -0.25) is 9.88 Å². The molecule has 0 aliphatic carbocycles. The minimum absolute atomic E-state index is 0.0595. The van der Waals surface area contributed by atoms with E-state index in [0.29, 0.717) is 5.88 Å². The molecule has 0 N–H and O–H groups in total. The zero-order chi connectivity index (χ0) is 17.2. The number of rotatable bonds is 10. The van der Waals surface area contributed by atoms with Crippen molar-refractivity contribution in [3.05, 3.63) is 60.8 Å². The summed E-state index contributed by atoms with van der Waals surface area (Å²) in [5.74, 6) is 0.644. The van der Waals surface area contributed by atoms with E-state index >= 15 is 0 Å². The van der Waals surface area contributed by atoms with Crippen LogP contribution in [0.25, 0.3) is 0 Å². The molecule has 2 heterocycles. The van der Waals surface area contributed by atoms with Gasteiger partial charge in [0.2, 0.25) is 5.88 Å². The lowest BCUT2D eigenvalue weighted by Crippen LogP contribution is -2.33. The second-order valence-corrected chi connectivity index (χ2v) is 5.87. The lowest BCUT2D eigenvalue weighted by molar-refractivity contribution is 0.132. The molecule has 0 aliphatic rings. The highest BCUT2D eigenvalue weighted by atomic mass is 16.5. The monoisotopic (exact) mass is 326 g/mol. The maximum absolute atomic E-state index is 6.11. The molecule has 5 heteroatoms. The third-order valence-electron chi connectivity index (χ3n) is 3.73. The predicted molar refractivity (Wildman–Crippen MR) is 95.8 cm³/mol. The zero-order valence-electron chi connectivity index (χ0n) is 14.6. The fourth-order valence-corrected chi connectivity index (χ4v) is 2.51. The number of likely N-dealkylation sites (N-methyl/N-ethyl adjacent to an activating group) is 1. The first-order valence-corrected chi connectivity index (χ1v) is 8.37. The first kappa shape index (κ1) is 18.1. The Balaban J connectivity index is 1.97. The van der Waals surface area contributed by atoms with Gasteiger partial charge >= 0.3 is 0 Å². The highest BCUT2D eigenvalue weighted by molar-refractivity contribution is 5.14. The number of pyridine rings is 1. The van der Waals surface area contributed by atoms with E-state index in [0.717, 1.165) is 38.0 Å². The molecule has 24 heavy (non-hydrogen) atoms. The predicted octanol–water partition coefficient (Wildman–Crippen LogP) is 3.28. The number of aromatic nitrogens is 3. The largest absolute Gasteiger partial charge is 0.473 e. The molecule has 0 unspecified atom stereocenters. The molecular formula is C19H26N4O. The minimum Gasteiger partial charge on any atom is -0.473 e. The van der Waals surface area contributed by atoms with Crippen LogP contribution in [0.5, 0.6) is 5.88 Å². The summed E-state index contributed by atoms with van der Waals surface area (Å²) in [7, 11) is 2.09. The second-order valence-electron chi connectivity index (χ2n) is 5.87. The molecule has 5 nitrogen and oxygen atoms in total. The normalized spacial score (nSPS) is 12.1. The molecule has 2 aromatic heterocycles. The lowest BCUT2D eigenvalue weighted by atomic mass is 10.1. The second kappa shape index (κ2) is 9.78. The van der Waals surface area contributed by atoms with Crippen molar-refractivity contribution in [3.8, 4) is 5.88 Å². The molecule has 0 saturated heterocycles. The zero-order valence-corrected chi connectivity index (χ0v) is 14.6. The van der Waals surface area contributed by atoms with Gasteiger partial charge in [-0.2, -0.15) is 0 Å². The van der Waals surface area contributed by atoms with Crippen molar-refractivity contribution in [2.75, 3.05) is 13.6 Å². The van der Waals surface area contributed by atoms with Gasteiger partial charge in [-0.1, -0.05) is 19.1 Å². The van der Waals surface area contributed by atoms with E-state index in [1.54, 1.807) is 12.5 Å². The van der Waals surface area contributed by atoms with Crippen LogP contribution in [-0.2, 0) is 13.0 Å². The average Bonchev–Trinajstić information content (AvgIpc) is 2.60. The smallest absolute Gasteiger partial charge is 0.216 e. The number of hydrogen-bond donors (Lipinski definition) is 0. The van der Waals surface area contributed by atoms with Gasteiger partial charge in [0.1, 0.15) is 12.4 Å². The van der Waals surface area contributed by atoms with Gasteiger partial charge in [0.15, 0.2) is 0 Å². The Bertz CT molecular complexity index is 618. The SMILES string of the molecule is C=CCC[C@@H](CN(C)Cc1cccnc1)Oc1cc(CC)ncn1. The molecule has 2 rings (SSSR count). The average molecular weight is 326 g/mol. The van der Waals surface area contributed by atoms with Crippen molar-refractivity contribution in [3.63, 3.8) is 0 Å². The molecule has 0 bridgehead atoms. The van der Waals surface area contributed by atoms with E-state index in [2.05, 4.69) is 46.5 Å². The van der Waals surface area contributed by atoms with Crippen LogP contribution in [-0.4, -0.2) is 39.5 Å². The van der Waals surface area contributed by atoms with Crippen LogP contribution in [0, 0.1) is 0 Å². The number of ether oxygens (including phenoxy) is 1. The van der Waals surface area contributed by atoms with Crippen LogP contribution in [0.2, 0.25) is 0 Å². The topological polar surface area (TPSA) is 51.1 Å². The maximum atomic E-state index is 6.11. The van der Waals surface area contributed by atoms with Crippen LogP contribution in [0.4, 0.5) is 0 Å². The van der Waals surface area contributed by atoms with Crippen molar-refractivity contribution < 1.29 is 4.74 Å². The third-order valence-corrected chi connectivity index (χ3v) is 3.73. The number of aryl methyl sites for hydroxylation is 1. The molecule has 2 aromatic rings. The summed E-state index contributed by atoms with van der Waals surface area (Å²) in [4.78, 5) is 14.9. The van der Waals surface area contributed by atoms with E-state index in [-0.39, 0.29) is 6.10 Å². The van der Waals surface area contributed by atoms with Crippen LogP contribution in [0.1, 0.15) is 31.0 Å². The maximum Gasteiger partial charge on any atom is 0.216 e. The summed E-state index contributed by atoms with van der Waals surface area (Å²) >= 11 is 0. The lowest BCUT2D eigenvalue weighted by Gasteiger charge is -2.24. The van der Waals surface area contributed by atoms with Crippen molar-refractivity contribution >= 4 is 0 Å². The summed E-state index contributed by atoms with van der Waals surface area (Å²) in [5.41, 5.74) is 2.18. The molecular weight excluding hydrogens is 300 g/mol. The number of hydrogen-bond acceptors (Lipinski definition) is 5. The first-order chi connectivity index (χ1) is 11.7. The quantitative estimate of drug-likeness (QED) is 0.627. The van der Waals surface area contributed by atoms with Crippen molar-refractivity contribution in [2.24, 2.45) is 0 Å². The van der Waals surface area contributed by atoms with Gasteiger partial charge in [-0.25, -0.2) is 9.97 Å². The Kier molecular flexibility index (Phi) is 7.36. The van der Waals surface area contributed by atoms with E-state index in [1.807, 2.05) is 24.4 Å². The fourth-order valence-electron chi connectivity index (χ4n) is 2.51. The molecule has 0 fully saturated rings. The van der Waals surface area contributed by atoms with Crippen molar-refractivity contribution in [2.45, 2.75) is 38.8 Å². The summed E-state index contributed by atoms with van der Waals surface area (Å²) in [6, 6.07) is 5.96. The highest BCUT2D eigenvalue weighted by Crippen LogP contribution is 2.14. The van der Waals surface area contributed by atoms with E-state index in [4.69, 9.17) is 4.74 Å². The van der Waals surface area contributed by atoms with E-state index in [1.165, 1.54) is 5.56 Å². The molecule has 0 radical (unpaired) electrons. The van der Waals surface area contributed by atoms with Crippen molar-refractivity contribution in [1.29, 1.82) is 0 Å². The summed E-state index contributed by atoms with van der Waals surface area (Å²) in [5, 5.41) is 0. The summed E-state index contributed by atoms with van der Waals surface area (Å²) in [6.45, 7) is 7.54. The Morgan fingerprint density at radius 3 is 2.96 bits per heavy atom. The summed E-state index contributed by atoms with van der Waals surface area (Å²) < 4.78 is 6.11. The van der Waals surface area contributed by atoms with Gasteiger partial charge < -0.3 is 4.74 Å². The molecule has 128 valence electrons. The molecule has 0 spiro atoms. The Labute approximate surface area is 144 Å². The highest BCUT2D eigenvalue weighted by Gasteiger charge is 2.14. The molecule has 1 atom stereocenters. The van der Waals surface area contributed by atoms with Crippen LogP contribution in [0.3, 0.4) is 0 Å². The number of nitrogens with zero attached hydrogens (tertiary/aromatic N) is 4.